The van der Waals surface area contributed by atoms with Gasteiger partial charge in [-0.3, -0.25) is 0 Å². The molecule has 0 spiro atoms. The molecule has 8 heteroatoms. The first-order valence-corrected chi connectivity index (χ1v) is 9.78. The summed E-state index contributed by atoms with van der Waals surface area (Å²) in [5, 5.41) is 7.80. The fourth-order valence-corrected chi connectivity index (χ4v) is 4.23. The normalized spacial score (nSPS) is 17.0. The third kappa shape index (κ3) is 3.69. The van der Waals surface area contributed by atoms with Crippen LogP contribution in [0.25, 0.3) is 0 Å². The Balaban J connectivity index is 1.71. The van der Waals surface area contributed by atoms with Gasteiger partial charge in [-0.25, -0.2) is 8.42 Å². The molecule has 0 atom stereocenters. The molecule has 0 radical (unpaired) electrons. The number of aromatic nitrogens is 2. The second kappa shape index (κ2) is 6.42. The van der Waals surface area contributed by atoms with E-state index >= 15 is 0 Å². The van der Waals surface area contributed by atoms with Gasteiger partial charge in [0.2, 0.25) is 15.9 Å². The number of nitrogens with zero attached hydrogens (tertiary/aromatic N) is 4. The summed E-state index contributed by atoms with van der Waals surface area (Å²) in [6.07, 6.45) is 0. The highest BCUT2D eigenvalue weighted by atomic mass is 32.2. The van der Waals surface area contributed by atoms with Gasteiger partial charge in [0.15, 0.2) is 0 Å². The summed E-state index contributed by atoms with van der Waals surface area (Å²) in [6, 6.07) is 7.63. The lowest BCUT2D eigenvalue weighted by Crippen LogP contribution is -2.48. The predicted molar refractivity (Wildman–Crippen MR) is 95.1 cm³/mol. The largest absolute Gasteiger partial charge is 0.408 e. The van der Waals surface area contributed by atoms with Crippen molar-refractivity contribution in [1.82, 2.24) is 14.5 Å². The SMILES string of the molecule is Cc1nnc(N2CCN(S(=O)(=O)c3ccc(C(C)(C)C)cc3)CC2)o1. The van der Waals surface area contributed by atoms with Crippen LogP contribution in [0.15, 0.2) is 33.6 Å². The van der Waals surface area contributed by atoms with Crippen LogP contribution in [0.3, 0.4) is 0 Å². The van der Waals surface area contributed by atoms with Crippen molar-refractivity contribution < 1.29 is 12.8 Å². The van der Waals surface area contributed by atoms with E-state index < -0.39 is 10.0 Å². The molecule has 0 saturated carbocycles. The van der Waals surface area contributed by atoms with E-state index in [9.17, 15) is 8.42 Å². The molecule has 0 aliphatic carbocycles. The fourth-order valence-electron chi connectivity index (χ4n) is 2.81. The van der Waals surface area contributed by atoms with Crippen molar-refractivity contribution in [3.05, 3.63) is 35.7 Å². The van der Waals surface area contributed by atoms with Crippen LogP contribution in [0.5, 0.6) is 0 Å². The average Bonchev–Trinajstić information content (AvgIpc) is 3.01. The maximum atomic E-state index is 12.9. The number of hydrogen-bond donors (Lipinski definition) is 0. The molecular weight excluding hydrogens is 340 g/mol. The van der Waals surface area contributed by atoms with Gasteiger partial charge in [-0.15, -0.1) is 5.10 Å². The lowest BCUT2D eigenvalue weighted by Gasteiger charge is -2.32. The molecule has 0 unspecified atom stereocenters. The molecule has 2 heterocycles. The van der Waals surface area contributed by atoms with Gasteiger partial charge in [0.25, 0.3) is 0 Å². The molecule has 1 fully saturated rings. The molecule has 1 aliphatic heterocycles. The van der Waals surface area contributed by atoms with E-state index in [1.54, 1.807) is 19.1 Å². The quantitative estimate of drug-likeness (QED) is 0.831. The average molecular weight is 364 g/mol. The van der Waals surface area contributed by atoms with E-state index in [0.29, 0.717) is 43.0 Å². The Labute approximate surface area is 148 Å². The van der Waals surface area contributed by atoms with E-state index in [-0.39, 0.29) is 5.41 Å². The van der Waals surface area contributed by atoms with Gasteiger partial charge in [0, 0.05) is 33.1 Å². The predicted octanol–water partition coefficient (Wildman–Crippen LogP) is 2.19. The minimum Gasteiger partial charge on any atom is -0.408 e. The van der Waals surface area contributed by atoms with Crippen molar-refractivity contribution in [3.63, 3.8) is 0 Å². The van der Waals surface area contributed by atoms with Crippen LogP contribution in [0.2, 0.25) is 0 Å². The van der Waals surface area contributed by atoms with Crippen LogP contribution < -0.4 is 4.90 Å². The van der Waals surface area contributed by atoms with Gasteiger partial charge >= 0.3 is 6.01 Å². The Morgan fingerprint density at radius 3 is 2.08 bits per heavy atom. The van der Waals surface area contributed by atoms with Crippen LogP contribution in [0.1, 0.15) is 32.2 Å². The van der Waals surface area contributed by atoms with Gasteiger partial charge in [-0.1, -0.05) is 38.0 Å². The first-order valence-electron chi connectivity index (χ1n) is 8.34. The Kier molecular flexibility index (Phi) is 4.59. The smallest absolute Gasteiger partial charge is 0.318 e. The summed E-state index contributed by atoms with van der Waals surface area (Å²) in [4.78, 5) is 2.25. The molecule has 0 N–H and O–H groups in total. The van der Waals surface area contributed by atoms with Crippen LogP contribution in [-0.4, -0.2) is 49.1 Å². The van der Waals surface area contributed by atoms with Crippen LogP contribution in [0, 0.1) is 6.92 Å². The number of rotatable bonds is 3. The maximum Gasteiger partial charge on any atom is 0.318 e. The fraction of sp³-hybridized carbons (Fsp3) is 0.529. The first kappa shape index (κ1) is 17.9. The van der Waals surface area contributed by atoms with Gasteiger partial charge < -0.3 is 9.32 Å². The summed E-state index contributed by atoms with van der Waals surface area (Å²) in [5.41, 5.74) is 1.11. The van der Waals surface area contributed by atoms with Crippen molar-refractivity contribution in [3.8, 4) is 0 Å². The van der Waals surface area contributed by atoms with Crippen LogP contribution in [0.4, 0.5) is 6.01 Å². The van der Waals surface area contributed by atoms with Crippen molar-refractivity contribution in [1.29, 1.82) is 0 Å². The monoisotopic (exact) mass is 364 g/mol. The summed E-state index contributed by atoms with van der Waals surface area (Å²) in [6.45, 7) is 9.90. The number of benzene rings is 1. The zero-order valence-corrected chi connectivity index (χ0v) is 15.9. The Hall–Kier alpha value is -1.93. The number of hydrogen-bond acceptors (Lipinski definition) is 6. The summed E-state index contributed by atoms with van der Waals surface area (Å²) in [5.74, 6) is 0.504. The second-order valence-electron chi connectivity index (χ2n) is 7.27. The zero-order chi connectivity index (χ0) is 18.2. The Morgan fingerprint density at radius 2 is 1.60 bits per heavy atom. The van der Waals surface area contributed by atoms with E-state index in [4.69, 9.17) is 4.42 Å². The number of piperazine rings is 1. The van der Waals surface area contributed by atoms with Gasteiger partial charge in [-0.05, 0) is 23.1 Å². The van der Waals surface area contributed by atoms with Gasteiger partial charge in [0.1, 0.15) is 0 Å². The van der Waals surface area contributed by atoms with E-state index in [0.717, 1.165) is 5.56 Å². The topological polar surface area (TPSA) is 79.5 Å². The standard InChI is InChI=1S/C17H24N4O3S/c1-13-18-19-16(24-13)20-9-11-21(12-10-20)25(22,23)15-7-5-14(6-8-15)17(2,3)4/h5-8H,9-12H2,1-4H3. The molecule has 1 aromatic carbocycles. The molecule has 2 aromatic rings. The van der Waals surface area contributed by atoms with Crippen LogP contribution in [-0.2, 0) is 15.4 Å². The van der Waals surface area contributed by atoms with Crippen LogP contribution >= 0.6 is 0 Å². The van der Waals surface area contributed by atoms with E-state index in [1.165, 1.54) is 4.31 Å². The zero-order valence-electron chi connectivity index (χ0n) is 15.1. The molecule has 7 nitrogen and oxygen atoms in total. The van der Waals surface area contributed by atoms with E-state index in [1.807, 2.05) is 17.0 Å². The van der Waals surface area contributed by atoms with Crippen molar-refractivity contribution >= 4 is 16.0 Å². The van der Waals surface area contributed by atoms with Crippen molar-refractivity contribution in [2.75, 3.05) is 31.1 Å². The molecule has 25 heavy (non-hydrogen) atoms. The second-order valence-corrected chi connectivity index (χ2v) is 9.21. The molecule has 0 bridgehead atoms. The van der Waals surface area contributed by atoms with Gasteiger partial charge in [-0.2, -0.15) is 4.31 Å². The minimum atomic E-state index is -3.48. The lowest BCUT2D eigenvalue weighted by molar-refractivity contribution is 0.370. The number of anilines is 1. The molecular formula is C17H24N4O3S. The van der Waals surface area contributed by atoms with Crippen molar-refractivity contribution in [2.45, 2.75) is 38.0 Å². The third-order valence-electron chi connectivity index (χ3n) is 4.38. The summed E-state index contributed by atoms with van der Waals surface area (Å²) < 4.78 is 32.6. The Morgan fingerprint density at radius 1 is 1.00 bits per heavy atom. The summed E-state index contributed by atoms with van der Waals surface area (Å²) >= 11 is 0. The molecule has 1 saturated heterocycles. The van der Waals surface area contributed by atoms with E-state index in [2.05, 4.69) is 31.0 Å². The third-order valence-corrected chi connectivity index (χ3v) is 6.30. The molecule has 0 amide bonds. The van der Waals surface area contributed by atoms with Gasteiger partial charge in [0.05, 0.1) is 4.90 Å². The minimum absolute atomic E-state index is 0.00384. The maximum absolute atomic E-state index is 12.9. The highest BCUT2D eigenvalue weighted by molar-refractivity contribution is 7.89. The highest BCUT2D eigenvalue weighted by Gasteiger charge is 2.30. The molecule has 136 valence electrons. The number of aryl methyl sites for hydroxylation is 1. The first-order chi connectivity index (χ1) is 11.7. The lowest BCUT2D eigenvalue weighted by atomic mass is 9.87. The van der Waals surface area contributed by atoms with Crippen molar-refractivity contribution in [2.24, 2.45) is 0 Å². The molecule has 1 aromatic heterocycles. The summed E-state index contributed by atoms with van der Waals surface area (Å²) in [7, 11) is -3.48. The number of sulfonamides is 1. The highest BCUT2D eigenvalue weighted by Crippen LogP contribution is 2.25. The molecule has 1 aliphatic rings. The molecule has 3 rings (SSSR count). The Bertz CT molecular complexity index is 830.